The number of methoxy groups -OCH3 is 1. The summed E-state index contributed by atoms with van der Waals surface area (Å²) < 4.78 is 33.8. The highest BCUT2D eigenvalue weighted by atomic mass is 32.2. The van der Waals surface area contributed by atoms with Gasteiger partial charge >= 0.3 is 0 Å². The van der Waals surface area contributed by atoms with Crippen LogP contribution in [0, 0.1) is 0 Å². The van der Waals surface area contributed by atoms with Crippen molar-refractivity contribution in [3.8, 4) is 11.4 Å². The summed E-state index contributed by atoms with van der Waals surface area (Å²) in [6.45, 7) is 0. The van der Waals surface area contributed by atoms with E-state index in [4.69, 9.17) is 17.0 Å². The van der Waals surface area contributed by atoms with E-state index in [-0.39, 0.29) is 12.1 Å². The van der Waals surface area contributed by atoms with Crippen molar-refractivity contribution in [2.24, 2.45) is 0 Å². The minimum atomic E-state index is -3.47. The average Bonchev–Trinajstić information content (AvgIpc) is 3.49. The minimum Gasteiger partial charge on any atom is -0.494 e. The molecule has 0 radical (unpaired) electrons. The second-order valence-electron chi connectivity index (χ2n) is 8.39. The van der Waals surface area contributed by atoms with Crippen LogP contribution in [-0.4, -0.2) is 36.4 Å². The van der Waals surface area contributed by atoms with Gasteiger partial charge in [-0.3, -0.25) is 9.71 Å². The van der Waals surface area contributed by atoms with Crippen LogP contribution >= 0.6 is 12.2 Å². The maximum absolute atomic E-state index is 11.8. The van der Waals surface area contributed by atoms with Crippen LogP contribution in [0.4, 0.5) is 11.4 Å². The highest BCUT2D eigenvalue weighted by Crippen LogP contribution is 2.43. The molecule has 0 amide bonds. The van der Waals surface area contributed by atoms with Gasteiger partial charge < -0.3 is 19.5 Å². The first kappa shape index (κ1) is 23.8. The Labute approximate surface area is 215 Å². The molecule has 0 bridgehead atoms. The zero-order valence-corrected chi connectivity index (χ0v) is 21.3. The molecule has 10 heteroatoms. The quantitative estimate of drug-likeness (QED) is 0.349. The molecule has 1 aliphatic heterocycles. The Morgan fingerprint density at radius 3 is 2.47 bits per heavy atom. The molecule has 2 N–H and O–H groups in total. The Morgan fingerprint density at radius 2 is 1.78 bits per heavy atom. The third-order valence-electron chi connectivity index (χ3n) is 5.97. The van der Waals surface area contributed by atoms with Crippen LogP contribution in [0.1, 0.15) is 23.5 Å². The summed E-state index contributed by atoms with van der Waals surface area (Å²) in [7, 11) is -1.97. The largest absolute Gasteiger partial charge is 0.494 e. The van der Waals surface area contributed by atoms with Gasteiger partial charge in [-0.1, -0.05) is 24.3 Å². The minimum absolute atomic E-state index is 0.226. The van der Waals surface area contributed by atoms with Crippen molar-refractivity contribution in [1.82, 2.24) is 14.9 Å². The molecule has 0 saturated carbocycles. The predicted octanol–water partition coefficient (Wildman–Crippen LogP) is 4.43. The fourth-order valence-corrected chi connectivity index (χ4v) is 5.42. The molecule has 3 heterocycles. The molecule has 184 valence electrons. The molecular formula is C26H25N5O3S2. The van der Waals surface area contributed by atoms with Crippen LogP contribution in [0.3, 0.4) is 0 Å². The molecule has 0 aliphatic carbocycles. The number of rotatable bonds is 7. The smallest absolute Gasteiger partial charge is 0.229 e. The predicted molar refractivity (Wildman–Crippen MR) is 145 cm³/mol. The molecule has 36 heavy (non-hydrogen) atoms. The molecule has 2 atom stereocenters. The van der Waals surface area contributed by atoms with Gasteiger partial charge in [0.05, 0.1) is 30.8 Å². The monoisotopic (exact) mass is 519 g/mol. The van der Waals surface area contributed by atoms with Crippen molar-refractivity contribution in [3.63, 3.8) is 0 Å². The number of aromatic nitrogens is 2. The number of ether oxygens (including phenoxy) is 1. The zero-order valence-electron chi connectivity index (χ0n) is 19.7. The summed E-state index contributed by atoms with van der Waals surface area (Å²) in [5.41, 5.74) is 4.01. The Hall–Kier alpha value is -3.89. The first-order chi connectivity index (χ1) is 17.4. The van der Waals surface area contributed by atoms with E-state index in [0.717, 1.165) is 29.0 Å². The SMILES string of the molecule is COc1cc(N2C(=S)N[C@@H](c3ccccn3)[C@@H]2c2cccn2-c2ccccc2)ccc1NS(C)(=O)=O. The van der Waals surface area contributed by atoms with Gasteiger partial charge in [0.2, 0.25) is 10.0 Å². The van der Waals surface area contributed by atoms with E-state index in [1.165, 1.54) is 7.11 Å². The number of anilines is 2. The second kappa shape index (κ2) is 9.63. The van der Waals surface area contributed by atoms with E-state index in [1.54, 1.807) is 18.3 Å². The number of para-hydroxylation sites is 1. The second-order valence-corrected chi connectivity index (χ2v) is 10.5. The van der Waals surface area contributed by atoms with Crippen molar-refractivity contribution in [2.45, 2.75) is 12.1 Å². The van der Waals surface area contributed by atoms with Crippen molar-refractivity contribution >= 4 is 38.7 Å². The van der Waals surface area contributed by atoms with Gasteiger partial charge in [0.25, 0.3) is 0 Å². The highest BCUT2D eigenvalue weighted by Gasteiger charge is 2.42. The molecule has 2 aromatic heterocycles. The van der Waals surface area contributed by atoms with E-state index in [9.17, 15) is 8.42 Å². The Balaban J connectivity index is 1.64. The normalized spacial score (nSPS) is 17.6. The van der Waals surface area contributed by atoms with Gasteiger partial charge in [-0.15, -0.1) is 0 Å². The number of hydrogen-bond acceptors (Lipinski definition) is 5. The van der Waals surface area contributed by atoms with Crippen molar-refractivity contribution in [1.29, 1.82) is 0 Å². The molecule has 0 spiro atoms. The van der Waals surface area contributed by atoms with Crippen LogP contribution in [-0.2, 0) is 10.0 Å². The van der Waals surface area contributed by atoms with Crippen molar-refractivity contribution in [2.75, 3.05) is 23.0 Å². The lowest BCUT2D eigenvalue weighted by molar-refractivity contribution is 0.417. The van der Waals surface area contributed by atoms with E-state index in [0.29, 0.717) is 16.5 Å². The van der Waals surface area contributed by atoms with Crippen LogP contribution < -0.4 is 19.7 Å². The number of pyridine rings is 1. The fourth-order valence-electron chi connectivity index (χ4n) is 4.51. The van der Waals surface area contributed by atoms with Crippen molar-refractivity contribution in [3.05, 3.63) is 103 Å². The number of benzene rings is 2. The number of thiocarbonyl (C=S) groups is 1. The van der Waals surface area contributed by atoms with Crippen LogP contribution in [0.15, 0.2) is 91.3 Å². The van der Waals surface area contributed by atoms with Crippen LogP contribution in [0.5, 0.6) is 5.75 Å². The van der Waals surface area contributed by atoms with E-state index >= 15 is 0 Å². The van der Waals surface area contributed by atoms with Gasteiger partial charge in [-0.2, -0.15) is 0 Å². The maximum Gasteiger partial charge on any atom is 0.229 e. The third-order valence-corrected chi connectivity index (χ3v) is 6.88. The first-order valence-electron chi connectivity index (χ1n) is 11.2. The summed E-state index contributed by atoms with van der Waals surface area (Å²) in [5, 5.41) is 3.99. The summed E-state index contributed by atoms with van der Waals surface area (Å²) in [6.07, 6.45) is 4.90. The fraction of sp³-hybridized carbons (Fsp3) is 0.154. The number of nitrogens with one attached hydrogen (secondary N) is 2. The number of nitrogens with zero attached hydrogens (tertiary/aromatic N) is 3. The Kier molecular flexibility index (Phi) is 6.38. The average molecular weight is 520 g/mol. The standard InChI is InChI=1S/C26H25N5O3S2/c1-34-23-17-19(13-14-20(23)29-36(2,32)33)31-25(24(28-26(31)35)21-11-6-7-15-27-21)22-12-8-16-30(22)18-9-4-3-5-10-18/h3-17,24-25,29H,1-2H3,(H,28,35)/t24-,25-/m0/s1. The lowest BCUT2D eigenvalue weighted by Crippen LogP contribution is -2.30. The van der Waals surface area contributed by atoms with Gasteiger partial charge in [0.15, 0.2) is 5.11 Å². The maximum atomic E-state index is 11.8. The lowest BCUT2D eigenvalue weighted by atomic mass is 10.0. The van der Waals surface area contributed by atoms with Gasteiger partial charge in [0.1, 0.15) is 11.8 Å². The summed E-state index contributed by atoms with van der Waals surface area (Å²) in [4.78, 5) is 6.64. The van der Waals surface area contributed by atoms with Gasteiger partial charge in [-0.05, 0) is 60.7 Å². The molecule has 4 aromatic rings. The van der Waals surface area contributed by atoms with Crippen LogP contribution in [0.2, 0.25) is 0 Å². The lowest BCUT2D eigenvalue weighted by Gasteiger charge is -2.29. The van der Waals surface area contributed by atoms with Gasteiger partial charge in [-0.25, -0.2) is 8.42 Å². The first-order valence-corrected chi connectivity index (χ1v) is 13.5. The zero-order chi connectivity index (χ0) is 25.3. The molecule has 5 rings (SSSR count). The van der Waals surface area contributed by atoms with E-state index < -0.39 is 10.0 Å². The molecule has 8 nitrogen and oxygen atoms in total. The molecular weight excluding hydrogens is 494 g/mol. The molecule has 1 saturated heterocycles. The van der Waals surface area contributed by atoms with Gasteiger partial charge in [0, 0.05) is 35.5 Å². The third kappa shape index (κ3) is 4.65. The Morgan fingerprint density at radius 1 is 1.00 bits per heavy atom. The van der Waals surface area contributed by atoms with E-state index in [2.05, 4.69) is 37.8 Å². The number of hydrogen-bond donors (Lipinski definition) is 2. The summed E-state index contributed by atoms with van der Waals surface area (Å²) >= 11 is 5.84. The molecule has 0 unspecified atom stereocenters. The molecule has 1 aliphatic rings. The van der Waals surface area contributed by atoms with E-state index in [1.807, 2.05) is 59.6 Å². The summed E-state index contributed by atoms with van der Waals surface area (Å²) in [6, 6.07) is 24.8. The molecule has 1 fully saturated rings. The Bertz CT molecular complexity index is 1490. The van der Waals surface area contributed by atoms with Crippen LogP contribution in [0.25, 0.3) is 5.69 Å². The molecule has 2 aromatic carbocycles. The number of sulfonamides is 1. The topological polar surface area (TPSA) is 88.5 Å². The van der Waals surface area contributed by atoms with Crippen molar-refractivity contribution < 1.29 is 13.2 Å². The summed E-state index contributed by atoms with van der Waals surface area (Å²) in [5.74, 6) is 0.388. The highest BCUT2D eigenvalue weighted by molar-refractivity contribution is 7.92.